The largest absolute Gasteiger partial charge is 0.103 e. The van der Waals surface area contributed by atoms with Crippen LogP contribution in [0, 0.1) is 0 Å². The third-order valence-electron chi connectivity index (χ3n) is 0.925. The Morgan fingerprint density at radius 3 is 2.62 bits per heavy atom. The summed E-state index contributed by atoms with van der Waals surface area (Å²) < 4.78 is 0. The van der Waals surface area contributed by atoms with Crippen LogP contribution in [0.2, 0.25) is 0 Å². The van der Waals surface area contributed by atoms with E-state index in [4.69, 9.17) is 0 Å². The van der Waals surface area contributed by atoms with Gasteiger partial charge in [-0.15, -0.1) is 6.58 Å². The fraction of sp³-hybridized carbons (Fsp3) is 0.500. The minimum Gasteiger partial charge on any atom is -0.103 e. The van der Waals surface area contributed by atoms with E-state index in [9.17, 15) is 0 Å². The Hall–Kier alpha value is -0.520. The van der Waals surface area contributed by atoms with E-state index < -0.39 is 0 Å². The molecule has 0 rings (SSSR count). The molecule has 0 amide bonds. The Kier molecular flexibility index (Phi) is 6.06. The number of rotatable bonds is 4. The van der Waals surface area contributed by atoms with Crippen LogP contribution in [0.1, 0.15) is 26.2 Å². The van der Waals surface area contributed by atoms with Crippen molar-refractivity contribution in [3.63, 3.8) is 0 Å². The van der Waals surface area contributed by atoms with Gasteiger partial charge < -0.3 is 0 Å². The first-order valence-corrected chi connectivity index (χ1v) is 3.17. The molecule has 0 unspecified atom stereocenters. The molecule has 0 fully saturated rings. The van der Waals surface area contributed by atoms with Crippen molar-refractivity contribution in [3.05, 3.63) is 24.8 Å². The average Bonchev–Trinajstić information content (AvgIpc) is 1.81. The fourth-order valence-electron chi connectivity index (χ4n) is 0.477. The summed E-state index contributed by atoms with van der Waals surface area (Å²) in [5.41, 5.74) is 0. The molecule has 0 heterocycles. The maximum atomic E-state index is 3.61. The van der Waals surface area contributed by atoms with Gasteiger partial charge in [0.05, 0.1) is 0 Å². The lowest BCUT2D eigenvalue weighted by atomic mass is 10.3. The van der Waals surface area contributed by atoms with Crippen LogP contribution in [0.3, 0.4) is 0 Å². The van der Waals surface area contributed by atoms with E-state index in [2.05, 4.69) is 25.7 Å². The van der Waals surface area contributed by atoms with Gasteiger partial charge in [0.15, 0.2) is 0 Å². The lowest BCUT2D eigenvalue weighted by Gasteiger charge is -1.80. The van der Waals surface area contributed by atoms with Crippen molar-refractivity contribution in [2.45, 2.75) is 26.2 Å². The Morgan fingerprint density at radius 2 is 2.12 bits per heavy atom. The van der Waals surface area contributed by atoms with Crippen LogP contribution in [0.15, 0.2) is 24.8 Å². The summed E-state index contributed by atoms with van der Waals surface area (Å²) >= 11 is 0. The van der Waals surface area contributed by atoms with E-state index in [1.54, 1.807) is 0 Å². The van der Waals surface area contributed by atoms with Crippen molar-refractivity contribution < 1.29 is 0 Å². The van der Waals surface area contributed by atoms with E-state index in [-0.39, 0.29) is 0 Å². The van der Waals surface area contributed by atoms with E-state index >= 15 is 0 Å². The molecule has 0 saturated carbocycles. The third-order valence-corrected chi connectivity index (χ3v) is 0.925. The van der Waals surface area contributed by atoms with Gasteiger partial charge in [-0.25, -0.2) is 0 Å². The highest BCUT2D eigenvalue weighted by atomic mass is 13.8. The van der Waals surface area contributed by atoms with Crippen LogP contribution < -0.4 is 0 Å². The van der Waals surface area contributed by atoms with E-state index in [1.165, 1.54) is 12.8 Å². The zero-order valence-corrected chi connectivity index (χ0v) is 5.56. The van der Waals surface area contributed by atoms with Crippen molar-refractivity contribution in [1.82, 2.24) is 0 Å². The van der Waals surface area contributed by atoms with Crippen molar-refractivity contribution in [3.8, 4) is 0 Å². The van der Waals surface area contributed by atoms with Crippen LogP contribution >= 0.6 is 0 Å². The van der Waals surface area contributed by atoms with Crippen LogP contribution in [-0.2, 0) is 0 Å². The molecule has 0 N–H and O–H groups in total. The predicted octanol–water partition coefficient (Wildman–Crippen LogP) is 2.92. The van der Waals surface area contributed by atoms with Gasteiger partial charge in [0.1, 0.15) is 0 Å². The van der Waals surface area contributed by atoms with Gasteiger partial charge in [0.2, 0.25) is 0 Å². The zero-order valence-electron chi connectivity index (χ0n) is 5.56. The Morgan fingerprint density at radius 1 is 1.38 bits per heavy atom. The van der Waals surface area contributed by atoms with Crippen LogP contribution in [0.4, 0.5) is 0 Å². The predicted molar refractivity (Wildman–Crippen MR) is 38.9 cm³/mol. The van der Waals surface area contributed by atoms with Gasteiger partial charge in [0, 0.05) is 0 Å². The minimum atomic E-state index is 1.01. The van der Waals surface area contributed by atoms with Gasteiger partial charge in [0.25, 0.3) is 0 Å². The highest BCUT2D eigenvalue weighted by Gasteiger charge is 1.69. The summed E-state index contributed by atoms with van der Waals surface area (Å²) in [6.45, 7) is 5.79. The Balaban J connectivity index is 2.94. The quantitative estimate of drug-likeness (QED) is 0.488. The molecular formula is C8H14. The van der Waals surface area contributed by atoms with Crippen LogP contribution in [0.5, 0.6) is 0 Å². The summed E-state index contributed by atoms with van der Waals surface area (Å²) in [7, 11) is 0. The molecule has 0 aromatic heterocycles. The highest BCUT2D eigenvalue weighted by molar-refractivity contribution is 4.87. The lowest BCUT2D eigenvalue weighted by molar-refractivity contribution is 0.955. The van der Waals surface area contributed by atoms with Gasteiger partial charge in [-0.3, -0.25) is 0 Å². The van der Waals surface area contributed by atoms with Gasteiger partial charge >= 0.3 is 0 Å². The molecule has 0 saturated heterocycles. The fourth-order valence-corrected chi connectivity index (χ4v) is 0.477. The normalized spacial score (nSPS) is 10.1. The molecule has 0 spiro atoms. The van der Waals surface area contributed by atoms with Crippen molar-refractivity contribution in [2.75, 3.05) is 0 Å². The second kappa shape index (κ2) is 6.48. The molecule has 0 aromatic carbocycles. The standard InChI is InChI=1S/C8H14/c1-3-5-7-8-6-4-2/h3,7-8H,1,4-6H2,2H3/b8-7+. The van der Waals surface area contributed by atoms with Crippen molar-refractivity contribution in [2.24, 2.45) is 0 Å². The molecule has 0 bridgehead atoms. The summed E-state index contributed by atoms with van der Waals surface area (Å²) in [5, 5.41) is 0. The highest BCUT2D eigenvalue weighted by Crippen LogP contribution is 1.90. The molecule has 8 heavy (non-hydrogen) atoms. The summed E-state index contributed by atoms with van der Waals surface area (Å²) in [4.78, 5) is 0. The molecule has 0 nitrogen and oxygen atoms in total. The zero-order chi connectivity index (χ0) is 6.24. The van der Waals surface area contributed by atoms with Crippen LogP contribution in [0.25, 0.3) is 0 Å². The topological polar surface area (TPSA) is 0 Å². The first kappa shape index (κ1) is 7.48. The minimum absolute atomic E-state index is 1.01. The summed E-state index contributed by atoms with van der Waals surface area (Å²) in [6.07, 6.45) is 9.71. The molecule has 0 atom stereocenters. The van der Waals surface area contributed by atoms with E-state index in [0.29, 0.717) is 0 Å². The number of unbranched alkanes of at least 4 members (excludes halogenated alkanes) is 1. The smallest absolute Gasteiger partial charge is 0.0172 e. The third kappa shape index (κ3) is 5.48. The van der Waals surface area contributed by atoms with E-state index in [1.807, 2.05) is 6.08 Å². The molecule has 0 aromatic rings. The van der Waals surface area contributed by atoms with Gasteiger partial charge in [-0.2, -0.15) is 0 Å². The molecule has 46 valence electrons. The first-order valence-electron chi connectivity index (χ1n) is 3.17. The molecule has 0 aliphatic heterocycles. The molecule has 0 radical (unpaired) electrons. The monoisotopic (exact) mass is 110 g/mol. The SMILES string of the molecule is C=CC/C=C/CCC. The molecular weight excluding hydrogens is 96.1 g/mol. The second-order valence-corrected chi connectivity index (χ2v) is 1.78. The molecule has 0 heteroatoms. The van der Waals surface area contributed by atoms with Crippen molar-refractivity contribution >= 4 is 0 Å². The summed E-state index contributed by atoms with van der Waals surface area (Å²) in [6, 6.07) is 0. The Bertz CT molecular complexity index is 70.1. The maximum Gasteiger partial charge on any atom is -0.0172 e. The number of hydrogen-bond donors (Lipinski definition) is 0. The van der Waals surface area contributed by atoms with Crippen molar-refractivity contribution in [1.29, 1.82) is 0 Å². The molecule has 0 aliphatic carbocycles. The lowest BCUT2D eigenvalue weighted by Crippen LogP contribution is -1.60. The number of hydrogen-bond acceptors (Lipinski definition) is 0. The summed E-state index contributed by atoms with van der Waals surface area (Å²) in [5.74, 6) is 0. The van der Waals surface area contributed by atoms with E-state index in [0.717, 1.165) is 6.42 Å². The maximum absolute atomic E-state index is 3.61. The Labute approximate surface area is 51.9 Å². The average molecular weight is 110 g/mol. The molecule has 0 aliphatic rings. The second-order valence-electron chi connectivity index (χ2n) is 1.78. The van der Waals surface area contributed by atoms with Gasteiger partial charge in [-0.05, 0) is 12.8 Å². The van der Waals surface area contributed by atoms with Gasteiger partial charge in [-0.1, -0.05) is 31.6 Å². The first-order chi connectivity index (χ1) is 3.91. The number of allylic oxidation sites excluding steroid dienone is 3. The van der Waals surface area contributed by atoms with Crippen LogP contribution in [-0.4, -0.2) is 0 Å².